The van der Waals surface area contributed by atoms with Crippen molar-refractivity contribution < 1.29 is 5.11 Å². The first-order valence-corrected chi connectivity index (χ1v) is 3.59. The van der Waals surface area contributed by atoms with Gasteiger partial charge in [-0.3, -0.25) is 0 Å². The van der Waals surface area contributed by atoms with Crippen molar-refractivity contribution in [3.8, 4) is 0 Å². The van der Waals surface area contributed by atoms with Crippen LogP contribution in [0.15, 0.2) is 0 Å². The van der Waals surface area contributed by atoms with Crippen molar-refractivity contribution in [1.82, 2.24) is 4.90 Å². The Balaban J connectivity index is 2.04. The van der Waals surface area contributed by atoms with Crippen LogP contribution in [0, 0.1) is 5.92 Å². The minimum Gasteiger partial charge on any atom is -0.392 e. The van der Waals surface area contributed by atoms with Gasteiger partial charge >= 0.3 is 0 Å². The number of hydrogen-bond acceptors (Lipinski definition) is 2. The molecule has 2 heteroatoms. The summed E-state index contributed by atoms with van der Waals surface area (Å²) < 4.78 is 0. The third-order valence-corrected chi connectivity index (χ3v) is 1.66. The Kier molecular flexibility index (Phi) is 2.09. The number of aliphatic hydroxyl groups excluding tert-OH is 1. The molecule has 0 spiro atoms. The second-order valence-corrected chi connectivity index (χ2v) is 3.17. The first kappa shape index (κ1) is 7.03. The first-order chi connectivity index (χ1) is 4.18. The van der Waals surface area contributed by atoms with Gasteiger partial charge in [-0.2, -0.15) is 0 Å². The fraction of sp³-hybridized carbons (Fsp3) is 1.00. The summed E-state index contributed by atoms with van der Waals surface area (Å²) in [6.07, 6.45) is -0.155. The molecule has 1 N–H and O–H groups in total. The van der Waals surface area contributed by atoms with Crippen LogP contribution >= 0.6 is 0 Å². The van der Waals surface area contributed by atoms with Crippen molar-refractivity contribution in [1.29, 1.82) is 0 Å². The lowest BCUT2D eigenvalue weighted by Crippen LogP contribution is -2.47. The standard InChI is InChI=1S/C7H15NO/c1-6-3-8(4-6)5-7(2)9/h6-7,9H,3-5H2,1-2H3/t7-/m0/s1. The third-order valence-electron chi connectivity index (χ3n) is 1.66. The van der Waals surface area contributed by atoms with E-state index in [9.17, 15) is 0 Å². The number of aliphatic hydroxyl groups is 1. The number of likely N-dealkylation sites (tertiary alicyclic amines) is 1. The van der Waals surface area contributed by atoms with Gasteiger partial charge in [0.1, 0.15) is 0 Å². The summed E-state index contributed by atoms with van der Waals surface area (Å²) in [6, 6.07) is 0. The van der Waals surface area contributed by atoms with E-state index in [0.717, 1.165) is 12.5 Å². The summed E-state index contributed by atoms with van der Waals surface area (Å²) >= 11 is 0. The highest BCUT2D eigenvalue weighted by Gasteiger charge is 2.22. The average molecular weight is 129 g/mol. The van der Waals surface area contributed by atoms with Crippen LogP contribution < -0.4 is 0 Å². The van der Waals surface area contributed by atoms with Crippen LogP contribution in [-0.2, 0) is 0 Å². The van der Waals surface area contributed by atoms with Crippen molar-refractivity contribution in [3.05, 3.63) is 0 Å². The van der Waals surface area contributed by atoms with Crippen LogP contribution in [0.25, 0.3) is 0 Å². The van der Waals surface area contributed by atoms with Gasteiger partial charge in [-0.15, -0.1) is 0 Å². The monoisotopic (exact) mass is 129 g/mol. The van der Waals surface area contributed by atoms with Crippen LogP contribution in [0.2, 0.25) is 0 Å². The molecule has 2 nitrogen and oxygen atoms in total. The van der Waals surface area contributed by atoms with Crippen LogP contribution in [0.3, 0.4) is 0 Å². The van der Waals surface area contributed by atoms with Crippen molar-refractivity contribution in [2.45, 2.75) is 20.0 Å². The van der Waals surface area contributed by atoms with Crippen molar-refractivity contribution in [3.63, 3.8) is 0 Å². The van der Waals surface area contributed by atoms with Crippen molar-refractivity contribution >= 4 is 0 Å². The van der Waals surface area contributed by atoms with E-state index in [2.05, 4.69) is 11.8 Å². The predicted octanol–water partition coefficient (Wildman–Crippen LogP) is 0.319. The Labute approximate surface area is 56.5 Å². The lowest BCUT2D eigenvalue weighted by Gasteiger charge is -2.37. The van der Waals surface area contributed by atoms with Gasteiger partial charge in [-0.1, -0.05) is 6.92 Å². The summed E-state index contributed by atoms with van der Waals surface area (Å²) in [5.41, 5.74) is 0. The molecule has 0 bridgehead atoms. The van der Waals surface area contributed by atoms with E-state index in [1.807, 2.05) is 6.92 Å². The van der Waals surface area contributed by atoms with E-state index < -0.39 is 0 Å². The summed E-state index contributed by atoms with van der Waals surface area (Å²) in [5.74, 6) is 0.851. The minimum absolute atomic E-state index is 0.155. The van der Waals surface area contributed by atoms with E-state index in [0.29, 0.717) is 0 Å². The molecule has 1 aliphatic heterocycles. The van der Waals surface area contributed by atoms with Gasteiger partial charge < -0.3 is 10.0 Å². The zero-order valence-corrected chi connectivity index (χ0v) is 6.17. The molecule has 1 saturated heterocycles. The lowest BCUT2D eigenvalue weighted by molar-refractivity contribution is 0.0546. The highest BCUT2D eigenvalue weighted by Crippen LogP contribution is 2.13. The molecule has 0 saturated carbocycles. The van der Waals surface area contributed by atoms with Gasteiger partial charge in [0.15, 0.2) is 0 Å². The topological polar surface area (TPSA) is 23.5 Å². The van der Waals surface area contributed by atoms with E-state index >= 15 is 0 Å². The van der Waals surface area contributed by atoms with Crippen LogP contribution in [-0.4, -0.2) is 35.7 Å². The molecular formula is C7H15NO. The maximum absolute atomic E-state index is 8.93. The molecular weight excluding hydrogens is 114 g/mol. The molecule has 54 valence electrons. The first-order valence-electron chi connectivity index (χ1n) is 3.59. The minimum atomic E-state index is -0.155. The van der Waals surface area contributed by atoms with Crippen LogP contribution in [0.5, 0.6) is 0 Å². The smallest absolute Gasteiger partial charge is 0.0639 e. The Bertz CT molecular complexity index is 86.9. The average Bonchev–Trinajstić information content (AvgIpc) is 1.60. The maximum Gasteiger partial charge on any atom is 0.0639 e. The van der Waals surface area contributed by atoms with Crippen LogP contribution in [0.4, 0.5) is 0 Å². The normalized spacial score (nSPS) is 25.7. The number of rotatable bonds is 2. The van der Waals surface area contributed by atoms with Gasteiger partial charge in [-0.05, 0) is 12.8 Å². The number of β-amino-alcohol motifs (C(OH)–C–C–N with tert-alkyl or cyclic N) is 1. The predicted molar refractivity (Wildman–Crippen MR) is 37.3 cm³/mol. The SMILES string of the molecule is CC1CN(C[C@H](C)O)C1. The van der Waals surface area contributed by atoms with E-state index in [1.165, 1.54) is 13.1 Å². The lowest BCUT2D eigenvalue weighted by atomic mass is 10.0. The largest absolute Gasteiger partial charge is 0.392 e. The molecule has 1 aliphatic rings. The van der Waals surface area contributed by atoms with Gasteiger partial charge in [0.2, 0.25) is 0 Å². The highest BCUT2D eigenvalue weighted by molar-refractivity contribution is 4.76. The fourth-order valence-corrected chi connectivity index (χ4v) is 1.35. The molecule has 9 heavy (non-hydrogen) atoms. The molecule has 0 aromatic heterocycles. The van der Waals surface area contributed by atoms with E-state index in [4.69, 9.17) is 5.11 Å². The highest BCUT2D eigenvalue weighted by atomic mass is 16.3. The molecule has 0 aromatic rings. The molecule has 0 amide bonds. The number of hydrogen-bond donors (Lipinski definition) is 1. The quantitative estimate of drug-likeness (QED) is 0.580. The summed E-state index contributed by atoms with van der Waals surface area (Å²) in [4.78, 5) is 2.27. The summed E-state index contributed by atoms with van der Waals surface area (Å²) in [7, 11) is 0. The van der Waals surface area contributed by atoms with Crippen molar-refractivity contribution in [2.75, 3.05) is 19.6 Å². The molecule has 1 fully saturated rings. The molecule has 0 radical (unpaired) electrons. The molecule has 0 aromatic carbocycles. The van der Waals surface area contributed by atoms with Gasteiger partial charge in [0, 0.05) is 19.6 Å². The third kappa shape index (κ3) is 1.95. The molecule has 1 atom stereocenters. The second-order valence-electron chi connectivity index (χ2n) is 3.17. The van der Waals surface area contributed by atoms with E-state index in [-0.39, 0.29) is 6.10 Å². The molecule has 0 unspecified atom stereocenters. The number of nitrogens with zero attached hydrogens (tertiary/aromatic N) is 1. The molecule has 1 heterocycles. The fourth-order valence-electron chi connectivity index (χ4n) is 1.35. The Hall–Kier alpha value is -0.0800. The molecule has 1 rings (SSSR count). The summed E-state index contributed by atoms with van der Waals surface area (Å²) in [6.45, 7) is 7.27. The van der Waals surface area contributed by atoms with Gasteiger partial charge in [-0.25, -0.2) is 0 Å². The molecule has 0 aliphatic carbocycles. The summed E-state index contributed by atoms with van der Waals surface area (Å²) in [5, 5.41) is 8.93. The van der Waals surface area contributed by atoms with E-state index in [1.54, 1.807) is 0 Å². The van der Waals surface area contributed by atoms with Crippen molar-refractivity contribution in [2.24, 2.45) is 5.92 Å². The Morgan fingerprint density at radius 2 is 2.22 bits per heavy atom. The Morgan fingerprint density at radius 3 is 2.56 bits per heavy atom. The zero-order valence-electron chi connectivity index (χ0n) is 6.17. The Morgan fingerprint density at radius 1 is 1.67 bits per heavy atom. The zero-order chi connectivity index (χ0) is 6.85. The van der Waals surface area contributed by atoms with Crippen LogP contribution in [0.1, 0.15) is 13.8 Å². The maximum atomic E-state index is 8.93. The van der Waals surface area contributed by atoms with Gasteiger partial charge in [0.25, 0.3) is 0 Å². The second kappa shape index (κ2) is 2.67. The van der Waals surface area contributed by atoms with Gasteiger partial charge in [0.05, 0.1) is 6.10 Å².